The van der Waals surface area contributed by atoms with Gasteiger partial charge in [-0.15, -0.1) is 0 Å². The number of carbonyl (C=O) groups excluding carboxylic acids is 1. The summed E-state index contributed by atoms with van der Waals surface area (Å²) in [6.45, 7) is 0. The molecule has 5 nitrogen and oxygen atoms in total. The molecule has 0 unspecified atom stereocenters. The molecule has 0 aliphatic rings. The summed E-state index contributed by atoms with van der Waals surface area (Å²) in [5.74, 6) is -1.89. The highest BCUT2D eigenvalue weighted by molar-refractivity contribution is 5.96. The average molecular weight is 205 g/mol. The normalized spacial score (nSPS) is 9.07. The molecule has 15 heavy (non-hydrogen) atoms. The van der Waals surface area contributed by atoms with Gasteiger partial charge in [-0.05, 0) is 18.2 Å². The summed E-state index contributed by atoms with van der Waals surface area (Å²) < 4.78 is 4.43. The Kier molecular flexibility index (Phi) is 3.03. The van der Waals surface area contributed by atoms with E-state index >= 15 is 0 Å². The van der Waals surface area contributed by atoms with Gasteiger partial charge < -0.3 is 9.84 Å². The number of carboxylic acid groups (broad SMARTS) is 1. The van der Waals surface area contributed by atoms with Gasteiger partial charge in [-0.1, -0.05) is 0 Å². The first-order valence-electron chi connectivity index (χ1n) is 3.96. The van der Waals surface area contributed by atoms with Gasteiger partial charge in [-0.2, -0.15) is 5.26 Å². The third kappa shape index (κ3) is 2.11. The van der Waals surface area contributed by atoms with Gasteiger partial charge in [0.2, 0.25) is 0 Å². The van der Waals surface area contributed by atoms with E-state index in [-0.39, 0.29) is 16.7 Å². The van der Waals surface area contributed by atoms with Gasteiger partial charge in [0.15, 0.2) is 0 Å². The Morgan fingerprint density at radius 1 is 1.47 bits per heavy atom. The number of rotatable bonds is 2. The first-order valence-corrected chi connectivity index (χ1v) is 3.96. The Labute approximate surface area is 85.5 Å². The predicted octanol–water partition coefficient (Wildman–Crippen LogP) is 1.04. The van der Waals surface area contributed by atoms with Crippen LogP contribution < -0.4 is 0 Å². The van der Waals surface area contributed by atoms with Crippen molar-refractivity contribution in [3.05, 3.63) is 34.9 Å². The summed E-state index contributed by atoms with van der Waals surface area (Å²) in [4.78, 5) is 21.8. The van der Waals surface area contributed by atoms with E-state index in [1.807, 2.05) is 0 Å². The van der Waals surface area contributed by atoms with Crippen LogP contribution in [-0.2, 0) is 4.74 Å². The Morgan fingerprint density at radius 3 is 2.60 bits per heavy atom. The lowest BCUT2D eigenvalue weighted by Crippen LogP contribution is -2.06. The topological polar surface area (TPSA) is 87.4 Å². The highest BCUT2D eigenvalue weighted by Crippen LogP contribution is 2.12. The summed E-state index contributed by atoms with van der Waals surface area (Å²) >= 11 is 0. The molecular formula is C10H7NO4. The van der Waals surface area contributed by atoms with Crippen LogP contribution in [0.5, 0.6) is 0 Å². The van der Waals surface area contributed by atoms with Crippen LogP contribution in [0, 0.1) is 11.3 Å². The van der Waals surface area contributed by atoms with Crippen LogP contribution in [-0.4, -0.2) is 24.2 Å². The quantitative estimate of drug-likeness (QED) is 0.729. The Balaban J connectivity index is 3.29. The molecule has 0 spiro atoms. The number of methoxy groups -OCH3 is 1. The maximum atomic E-state index is 11.1. The number of nitriles is 1. The molecule has 0 saturated heterocycles. The second kappa shape index (κ2) is 4.24. The molecule has 0 aliphatic heterocycles. The van der Waals surface area contributed by atoms with Crippen LogP contribution >= 0.6 is 0 Å². The zero-order valence-corrected chi connectivity index (χ0v) is 7.85. The van der Waals surface area contributed by atoms with E-state index in [9.17, 15) is 9.59 Å². The Morgan fingerprint density at radius 2 is 2.13 bits per heavy atom. The molecule has 1 N–H and O–H groups in total. The second-order valence-corrected chi connectivity index (χ2v) is 2.67. The van der Waals surface area contributed by atoms with Crippen LogP contribution in [0.25, 0.3) is 0 Å². The monoisotopic (exact) mass is 205 g/mol. The maximum Gasteiger partial charge on any atom is 0.337 e. The number of nitrogens with zero attached hydrogens (tertiary/aromatic N) is 1. The molecule has 76 valence electrons. The van der Waals surface area contributed by atoms with Gasteiger partial charge >= 0.3 is 11.9 Å². The largest absolute Gasteiger partial charge is 0.478 e. The number of ether oxygens (including phenoxy) is 1. The number of esters is 1. The number of carboxylic acids is 1. The molecule has 1 rings (SSSR count). The van der Waals surface area contributed by atoms with E-state index in [2.05, 4.69) is 4.74 Å². The molecular weight excluding hydrogens is 198 g/mol. The van der Waals surface area contributed by atoms with Crippen molar-refractivity contribution in [2.45, 2.75) is 0 Å². The van der Waals surface area contributed by atoms with E-state index in [0.717, 1.165) is 6.07 Å². The lowest BCUT2D eigenvalue weighted by molar-refractivity contribution is 0.0600. The summed E-state index contributed by atoms with van der Waals surface area (Å²) in [7, 11) is 1.20. The van der Waals surface area contributed by atoms with Crippen molar-refractivity contribution in [1.82, 2.24) is 0 Å². The molecule has 0 fully saturated rings. The van der Waals surface area contributed by atoms with E-state index in [1.165, 1.54) is 19.2 Å². The second-order valence-electron chi connectivity index (χ2n) is 2.67. The number of hydrogen-bond donors (Lipinski definition) is 1. The maximum absolute atomic E-state index is 11.1. The molecule has 5 heteroatoms. The molecule has 0 radical (unpaired) electrons. The smallest absolute Gasteiger partial charge is 0.337 e. The van der Waals surface area contributed by atoms with Crippen LogP contribution in [0.3, 0.4) is 0 Å². The standard InChI is InChI=1S/C10H7NO4/c1-15-10(14)6-2-3-7(5-11)8(4-6)9(12)13/h2-4H,1H3,(H,12,13). The highest BCUT2D eigenvalue weighted by Gasteiger charge is 2.14. The van der Waals surface area contributed by atoms with E-state index < -0.39 is 11.9 Å². The molecule has 0 saturated carbocycles. The van der Waals surface area contributed by atoms with Gasteiger partial charge in [0.05, 0.1) is 23.8 Å². The van der Waals surface area contributed by atoms with Gasteiger partial charge in [-0.25, -0.2) is 9.59 Å². The van der Waals surface area contributed by atoms with Crippen LogP contribution in [0.15, 0.2) is 18.2 Å². The minimum absolute atomic E-state index is 0.00940. The van der Waals surface area contributed by atoms with Crippen molar-refractivity contribution in [3.63, 3.8) is 0 Å². The minimum Gasteiger partial charge on any atom is -0.478 e. The van der Waals surface area contributed by atoms with Gasteiger partial charge in [-0.3, -0.25) is 0 Å². The number of hydrogen-bond acceptors (Lipinski definition) is 4. The molecule has 0 heterocycles. The molecule has 1 aromatic carbocycles. The van der Waals surface area contributed by atoms with Crippen molar-refractivity contribution in [3.8, 4) is 6.07 Å². The number of benzene rings is 1. The molecule has 0 bridgehead atoms. The summed E-state index contributed by atoms with van der Waals surface area (Å²) in [5.41, 5.74) is -0.0931. The number of aromatic carboxylic acids is 1. The lowest BCUT2D eigenvalue weighted by atomic mass is 10.1. The first-order chi connectivity index (χ1) is 7.10. The third-order valence-corrected chi connectivity index (χ3v) is 1.79. The van der Waals surface area contributed by atoms with E-state index in [1.54, 1.807) is 6.07 Å². The SMILES string of the molecule is COC(=O)c1ccc(C#N)c(C(=O)O)c1. The lowest BCUT2D eigenvalue weighted by Gasteiger charge is -2.02. The van der Waals surface area contributed by atoms with Gasteiger partial charge in [0, 0.05) is 0 Å². The molecule has 0 aromatic heterocycles. The van der Waals surface area contributed by atoms with Crippen molar-refractivity contribution in [2.75, 3.05) is 7.11 Å². The third-order valence-electron chi connectivity index (χ3n) is 1.79. The first kappa shape index (κ1) is 10.7. The fraction of sp³-hybridized carbons (Fsp3) is 0.100. The van der Waals surface area contributed by atoms with Crippen molar-refractivity contribution in [2.24, 2.45) is 0 Å². The molecule has 1 aromatic rings. The Bertz CT molecular complexity index is 459. The van der Waals surface area contributed by atoms with E-state index in [0.29, 0.717) is 0 Å². The zero-order chi connectivity index (χ0) is 11.4. The van der Waals surface area contributed by atoms with Gasteiger partial charge in [0.25, 0.3) is 0 Å². The predicted molar refractivity (Wildman–Crippen MR) is 49.5 cm³/mol. The average Bonchev–Trinajstić information content (AvgIpc) is 2.27. The summed E-state index contributed by atoms with van der Waals surface area (Å²) in [5, 5.41) is 17.4. The molecule has 0 amide bonds. The van der Waals surface area contributed by atoms with Crippen LogP contribution in [0.2, 0.25) is 0 Å². The van der Waals surface area contributed by atoms with Crippen molar-refractivity contribution >= 4 is 11.9 Å². The fourth-order valence-corrected chi connectivity index (χ4v) is 1.06. The van der Waals surface area contributed by atoms with E-state index in [4.69, 9.17) is 10.4 Å². The zero-order valence-electron chi connectivity index (χ0n) is 7.85. The number of carbonyl (C=O) groups is 2. The fourth-order valence-electron chi connectivity index (χ4n) is 1.06. The minimum atomic E-state index is -1.25. The van der Waals surface area contributed by atoms with Crippen molar-refractivity contribution < 1.29 is 19.4 Å². The van der Waals surface area contributed by atoms with Crippen molar-refractivity contribution in [1.29, 1.82) is 5.26 Å². The van der Waals surface area contributed by atoms with Crippen LogP contribution in [0.4, 0.5) is 0 Å². The van der Waals surface area contributed by atoms with Gasteiger partial charge in [0.1, 0.15) is 6.07 Å². The van der Waals surface area contributed by atoms with Crippen LogP contribution in [0.1, 0.15) is 26.3 Å². The summed E-state index contributed by atoms with van der Waals surface area (Å²) in [6, 6.07) is 5.46. The Hall–Kier alpha value is -2.35. The molecule has 0 aliphatic carbocycles. The highest BCUT2D eigenvalue weighted by atomic mass is 16.5. The summed E-state index contributed by atoms with van der Waals surface area (Å²) in [6.07, 6.45) is 0. The molecule has 0 atom stereocenters.